The van der Waals surface area contributed by atoms with Gasteiger partial charge in [0.2, 0.25) is 11.7 Å². The summed E-state index contributed by atoms with van der Waals surface area (Å²) < 4.78 is 10.2. The minimum absolute atomic E-state index is 0.0409. The second kappa shape index (κ2) is 8.61. The van der Waals surface area contributed by atoms with E-state index in [9.17, 15) is 9.59 Å². The van der Waals surface area contributed by atoms with Crippen LogP contribution in [-0.2, 0) is 22.7 Å². The third-order valence-corrected chi connectivity index (χ3v) is 3.72. The first kappa shape index (κ1) is 18.1. The Hall–Kier alpha value is -3.68. The van der Waals surface area contributed by atoms with Gasteiger partial charge in [0.25, 0.3) is 0 Å². The highest BCUT2D eigenvalue weighted by atomic mass is 16.5. The summed E-state index contributed by atoms with van der Waals surface area (Å²) >= 11 is 0. The molecule has 8 nitrogen and oxygen atoms in total. The number of amides is 2. The number of ether oxygens (including phenoxy) is 1. The van der Waals surface area contributed by atoms with Crippen molar-refractivity contribution in [1.29, 1.82) is 0 Å². The van der Waals surface area contributed by atoms with Gasteiger partial charge >= 0.3 is 11.8 Å². The molecule has 8 heteroatoms. The zero-order valence-corrected chi connectivity index (χ0v) is 14.6. The fourth-order valence-corrected chi connectivity index (χ4v) is 2.28. The van der Waals surface area contributed by atoms with Crippen LogP contribution in [0.5, 0.6) is 5.75 Å². The normalized spacial score (nSPS) is 10.3. The van der Waals surface area contributed by atoms with Crippen LogP contribution in [0.2, 0.25) is 0 Å². The lowest BCUT2D eigenvalue weighted by molar-refractivity contribution is -0.139. The molecule has 0 atom stereocenters. The second-order valence-corrected chi connectivity index (χ2v) is 5.59. The van der Waals surface area contributed by atoms with Crippen molar-refractivity contribution in [3.8, 4) is 17.1 Å². The Balaban J connectivity index is 1.50. The molecule has 1 heterocycles. The number of aromatic nitrogens is 2. The summed E-state index contributed by atoms with van der Waals surface area (Å²) in [4.78, 5) is 27.9. The van der Waals surface area contributed by atoms with E-state index in [1.165, 1.54) is 0 Å². The maximum absolute atomic E-state index is 11.9. The van der Waals surface area contributed by atoms with Crippen LogP contribution in [0.25, 0.3) is 11.4 Å². The average Bonchev–Trinajstić information content (AvgIpc) is 3.20. The van der Waals surface area contributed by atoms with Gasteiger partial charge in [-0.2, -0.15) is 4.98 Å². The Morgan fingerprint density at radius 2 is 1.63 bits per heavy atom. The molecule has 0 saturated heterocycles. The maximum Gasteiger partial charge on any atom is 0.309 e. The molecule has 0 spiro atoms. The second-order valence-electron chi connectivity index (χ2n) is 5.59. The third-order valence-electron chi connectivity index (χ3n) is 3.72. The molecule has 27 heavy (non-hydrogen) atoms. The van der Waals surface area contributed by atoms with Gasteiger partial charge in [-0.3, -0.25) is 9.59 Å². The molecule has 0 bridgehead atoms. The van der Waals surface area contributed by atoms with E-state index in [0.29, 0.717) is 5.82 Å². The van der Waals surface area contributed by atoms with Crippen LogP contribution in [0, 0.1) is 0 Å². The molecule has 1 aromatic heterocycles. The van der Waals surface area contributed by atoms with Crippen molar-refractivity contribution in [3.05, 3.63) is 66.1 Å². The average molecular weight is 366 g/mol. The number of benzene rings is 2. The number of hydrogen-bond acceptors (Lipinski definition) is 6. The smallest absolute Gasteiger partial charge is 0.309 e. The van der Waals surface area contributed by atoms with E-state index in [1.807, 2.05) is 30.3 Å². The van der Waals surface area contributed by atoms with E-state index in [4.69, 9.17) is 9.26 Å². The van der Waals surface area contributed by atoms with Crippen molar-refractivity contribution in [1.82, 2.24) is 20.8 Å². The van der Waals surface area contributed by atoms with E-state index in [1.54, 1.807) is 31.4 Å². The summed E-state index contributed by atoms with van der Waals surface area (Å²) in [5, 5.41) is 8.86. The first-order valence-corrected chi connectivity index (χ1v) is 8.22. The summed E-state index contributed by atoms with van der Waals surface area (Å²) in [5.74, 6) is -0.194. The van der Waals surface area contributed by atoms with E-state index in [-0.39, 0.29) is 19.0 Å². The number of carbonyl (C=O) groups is 2. The summed E-state index contributed by atoms with van der Waals surface area (Å²) in [5.41, 5.74) is 1.65. The van der Waals surface area contributed by atoms with Crippen molar-refractivity contribution in [2.24, 2.45) is 0 Å². The molecule has 0 radical (unpaired) electrons. The molecule has 2 aromatic carbocycles. The Kier molecular flexibility index (Phi) is 5.78. The summed E-state index contributed by atoms with van der Waals surface area (Å²) in [7, 11) is 1.58. The van der Waals surface area contributed by atoms with Crippen molar-refractivity contribution in [3.63, 3.8) is 0 Å². The topological polar surface area (TPSA) is 106 Å². The van der Waals surface area contributed by atoms with Crippen molar-refractivity contribution >= 4 is 11.8 Å². The van der Waals surface area contributed by atoms with E-state index in [2.05, 4.69) is 20.8 Å². The molecular weight excluding hydrogens is 348 g/mol. The molecule has 138 valence electrons. The van der Waals surface area contributed by atoms with E-state index in [0.717, 1.165) is 16.9 Å². The number of carbonyl (C=O) groups excluding carboxylic acids is 2. The lowest BCUT2D eigenvalue weighted by atomic mass is 10.2. The molecule has 0 aliphatic carbocycles. The first-order chi connectivity index (χ1) is 13.2. The highest BCUT2D eigenvalue weighted by Gasteiger charge is 2.15. The maximum atomic E-state index is 11.9. The highest BCUT2D eigenvalue weighted by molar-refractivity contribution is 6.35. The molecule has 2 amide bonds. The van der Waals surface area contributed by atoms with Gasteiger partial charge in [-0.1, -0.05) is 35.5 Å². The fraction of sp³-hybridized carbons (Fsp3) is 0.158. The van der Waals surface area contributed by atoms with Gasteiger partial charge < -0.3 is 19.9 Å². The number of rotatable bonds is 6. The number of nitrogens with one attached hydrogen (secondary N) is 2. The molecule has 3 aromatic rings. The summed E-state index contributed by atoms with van der Waals surface area (Å²) in [6, 6.07) is 16.5. The SMILES string of the molecule is COc1ccc(-c2noc(CNC(=O)C(=O)NCc3ccccc3)n2)cc1. The Morgan fingerprint density at radius 1 is 0.963 bits per heavy atom. The van der Waals surface area contributed by atoms with Gasteiger partial charge in [-0.25, -0.2) is 0 Å². The van der Waals surface area contributed by atoms with Crippen LogP contribution >= 0.6 is 0 Å². The lowest BCUT2D eigenvalue weighted by Gasteiger charge is -2.05. The molecule has 0 aliphatic rings. The molecule has 0 aliphatic heterocycles. The van der Waals surface area contributed by atoms with Crippen molar-refractivity contribution in [2.75, 3.05) is 7.11 Å². The minimum Gasteiger partial charge on any atom is -0.497 e. The predicted molar refractivity (Wildman–Crippen MR) is 96.4 cm³/mol. The number of methoxy groups -OCH3 is 1. The number of hydrogen-bond donors (Lipinski definition) is 2. The molecular formula is C19H18N4O4. The fourth-order valence-electron chi connectivity index (χ4n) is 2.28. The van der Waals surface area contributed by atoms with Crippen LogP contribution in [-0.4, -0.2) is 29.1 Å². The summed E-state index contributed by atoms with van der Waals surface area (Å²) in [6.45, 7) is 0.232. The Labute approximate surface area is 155 Å². The van der Waals surface area contributed by atoms with Crippen LogP contribution in [0.3, 0.4) is 0 Å². The van der Waals surface area contributed by atoms with Crippen molar-refractivity contribution < 1.29 is 18.8 Å². The largest absolute Gasteiger partial charge is 0.497 e. The van der Waals surface area contributed by atoms with Crippen LogP contribution in [0.15, 0.2) is 59.1 Å². The van der Waals surface area contributed by atoms with Gasteiger partial charge in [-0.05, 0) is 29.8 Å². The quantitative estimate of drug-likeness (QED) is 0.643. The first-order valence-electron chi connectivity index (χ1n) is 8.22. The highest BCUT2D eigenvalue weighted by Crippen LogP contribution is 2.19. The molecule has 0 unspecified atom stereocenters. The van der Waals surface area contributed by atoms with Crippen molar-refractivity contribution in [2.45, 2.75) is 13.1 Å². The van der Waals surface area contributed by atoms with Gasteiger partial charge in [0.15, 0.2) is 0 Å². The lowest BCUT2D eigenvalue weighted by Crippen LogP contribution is -2.39. The molecule has 0 fully saturated rings. The zero-order chi connectivity index (χ0) is 19.1. The predicted octanol–water partition coefficient (Wildman–Crippen LogP) is 1.68. The molecule has 2 N–H and O–H groups in total. The van der Waals surface area contributed by atoms with Crippen LogP contribution in [0.1, 0.15) is 11.5 Å². The monoisotopic (exact) mass is 366 g/mol. The van der Waals surface area contributed by atoms with Gasteiger partial charge in [0.1, 0.15) is 5.75 Å². The van der Waals surface area contributed by atoms with Gasteiger partial charge in [0, 0.05) is 12.1 Å². The standard InChI is InChI=1S/C19H18N4O4/c1-26-15-9-7-14(8-10-15)17-22-16(27-23-17)12-21-19(25)18(24)20-11-13-5-3-2-4-6-13/h2-10H,11-12H2,1H3,(H,20,24)(H,21,25). The summed E-state index contributed by atoms with van der Waals surface area (Å²) in [6.07, 6.45) is 0. The van der Waals surface area contributed by atoms with Crippen LogP contribution in [0.4, 0.5) is 0 Å². The minimum atomic E-state index is -0.768. The third kappa shape index (κ3) is 4.91. The Morgan fingerprint density at radius 3 is 2.30 bits per heavy atom. The molecule has 0 saturated carbocycles. The van der Waals surface area contributed by atoms with Gasteiger partial charge in [0.05, 0.1) is 13.7 Å². The van der Waals surface area contributed by atoms with Gasteiger partial charge in [-0.15, -0.1) is 0 Å². The van der Waals surface area contributed by atoms with E-state index >= 15 is 0 Å². The Bertz CT molecular complexity index is 907. The number of nitrogens with zero attached hydrogens (tertiary/aromatic N) is 2. The zero-order valence-electron chi connectivity index (χ0n) is 14.6. The molecule has 3 rings (SSSR count). The van der Waals surface area contributed by atoms with Crippen LogP contribution < -0.4 is 15.4 Å². The van der Waals surface area contributed by atoms with E-state index < -0.39 is 11.8 Å².